The smallest absolute Gasteiger partial charge is 0.244 e. The lowest BCUT2D eigenvalue weighted by atomic mass is 10.2. The van der Waals surface area contributed by atoms with Gasteiger partial charge in [-0.15, -0.1) is 0 Å². The molecular weight excluding hydrogens is 359 g/mol. The second-order valence-corrected chi connectivity index (χ2v) is 6.17. The summed E-state index contributed by atoms with van der Waals surface area (Å²) in [5.74, 6) is 0.639. The molecule has 0 aliphatic heterocycles. The number of nitrogens with zero attached hydrogens (tertiary/aromatic N) is 4. The fraction of sp³-hybridized carbons (Fsp3) is 0.200. The third-order valence-electron chi connectivity index (χ3n) is 3.93. The molecule has 2 aromatic heterocycles. The van der Waals surface area contributed by atoms with Crippen LogP contribution in [0.5, 0.6) is 0 Å². The highest BCUT2D eigenvalue weighted by molar-refractivity contribution is 5.91. The van der Waals surface area contributed by atoms with Gasteiger partial charge in [-0.25, -0.2) is 19.0 Å². The van der Waals surface area contributed by atoms with Gasteiger partial charge in [0.25, 0.3) is 0 Å². The van der Waals surface area contributed by atoms with E-state index in [1.54, 1.807) is 28.9 Å². The molecule has 3 aromatic rings. The number of amides is 1. The predicted molar refractivity (Wildman–Crippen MR) is 106 cm³/mol. The first-order valence-electron chi connectivity index (χ1n) is 8.83. The van der Waals surface area contributed by atoms with Crippen LogP contribution in [0.4, 0.5) is 10.2 Å². The van der Waals surface area contributed by atoms with Crippen LogP contribution in [0.3, 0.4) is 0 Å². The van der Waals surface area contributed by atoms with Crippen molar-refractivity contribution in [2.45, 2.75) is 13.8 Å². The molecule has 0 saturated carbocycles. The quantitative estimate of drug-likeness (QED) is 0.486. The summed E-state index contributed by atoms with van der Waals surface area (Å²) < 4.78 is 15.3. The van der Waals surface area contributed by atoms with Crippen LogP contribution >= 0.6 is 0 Å². The number of carbonyl (C=O) groups excluding carboxylic acids is 1. The highest BCUT2D eigenvalue weighted by Crippen LogP contribution is 2.12. The summed E-state index contributed by atoms with van der Waals surface area (Å²) in [4.78, 5) is 20.2. The van der Waals surface area contributed by atoms with Gasteiger partial charge in [0, 0.05) is 36.5 Å². The highest BCUT2D eigenvalue weighted by atomic mass is 19.1. The molecule has 8 heteroatoms. The van der Waals surface area contributed by atoms with Gasteiger partial charge in [0.05, 0.1) is 5.69 Å². The zero-order valence-electron chi connectivity index (χ0n) is 15.7. The Labute approximate surface area is 162 Å². The molecule has 0 aliphatic rings. The van der Waals surface area contributed by atoms with Crippen molar-refractivity contribution in [1.29, 1.82) is 0 Å². The predicted octanol–water partition coefficient (Wildman–Crippen LogP) is 2.66. The maximum absolute atomic E-state index is 13.5. The molecule has 0 aliphatic carbocycles. The number of aryl methyl sites for hydroxylation is 2. The van der Waals surface area contributed by atoms with Crippen molar-refractivity contribution in [2.24, 2.45) is 0 Å². The van der Waals surface area contributed by atoms with Gasteiger partial charge in [-0.2, -0.15) is 5.10 Å². The van der Waals surface area contributed by atoms with Gasteiger partial charge >= 0.3 is 0 Å². The van der Waals surface area contributed by atoms with E-state index in [4.69, 9.17) is 0 Å². The highest BCUT2D eigenvalue weighted by Gasteiger charge is 2.06. The van der Waals surface area contributed by atoms with Crippen LogP contribution in [-0.4, -0.2) is 38.7 Å². The van der Waals surface area contributed by atoms with E-state index < -0.39 is 0 Å². The summed E-state index contributed by atoms with van der Waals surface area (Å²) in [5.41, 5.74) is 2.27. The Morgan fingerprint density at radius 1 is 1.18 bits per heavy atom. The summed E-state index contributed by atoms with van der Waals surface area (Å²) in [5, 5.41) is 10.3. The molecule has 28 heavy (non-hydrogen) atoms. The van der Waals surface area contributed by atoms with Crippen molar-refractivity contribution in [3.05, 3.63) is 71.6 Å². The Morgan fingerprint density at radius 3 is 2.75 bits per heavy atom. The Bertz CT molecular complexity index is 998. The SMILES string of the molecule is Cc1cc(C)n(-c2cc(NCCNC(=O)/C=C/c3ccccc3F)ncn2)n1. The molecule has 2 N–H and O–H groups in total. The van der Waals surface area contributed by atoms with E-state index in [0.29, 0.717) is 30.3 Å². The number of anilines is 1. The summed E-state index contributed by atoms with van der Waals surface area (Å²) in [6, 6.07) is 10.0. The third-order valence-corrected chi connectivity index (χ3v) is 3.93. The first-order chi connectivity index (χ1) is 13.5. The number of benzene rings is 1. The van der Waals surface area contributed by atoms with E-state index in [-0.39, 0.29) is 11.7 Å². The van der Waals surface area contributed by atoms with Gasteiger partial charge in [0.1, 0.15) is 18.0 Å². The van der Waals surface area contributed by atoms with E-state index in [2.05, 4.69) is 25.7 Å². The largest absolute Gasteiger partial charge is 0.368 e. The minimum atomic E-state index is -0.365. The summed E-state index contributed by atoms with van der Waals surface area (Å²) in [7, 11) is 0. The van der Waals surface area contributed by atoms with Gasteiger partial charge in [0.15, 0.2) is 5.82 Å². The van der Waals surface area contributed by atoms with Crippen LogP contribution in [0, 0.1) is 19.7 Å². The van der Waals surface area contributed by atoms with Crippen LogP contribution in [0.2, 0.25) is 0 Å². The zero-order valence-corrected chi connectivity index (χ0v) is 15.7. The van der Waals surface area contributed by atoms with Crippen LogP contribution in [0.1, 0.15) is 17.0 Å². The lowest BCUT2D eigenvalue weighted by molar-refractivity contribution is -0.116. The summed E-state index contributed by atoms with van der Waals surface area (Å²) in [6.45, 7) is 4.75. The Morgan fingerprint density at radius 2 is 2.00 bits per heavy atom. The number of rotatable bonds is 7. The molecule has 0 bridgehead atoms. The maximum atomic E-state index is 13.5. The number of halogens is 1. The molecule has 3 rings (SSSR count). The monoisotopic (exact) mass is 380 g/mol. The first kappa shape index (κ1) is 19.2. The minimum Gasteiger partial charge on any atom is -0.368 e. The number of nitrogens with one attached hydrogen (secondary N) is 2. The molecular formula is C20H21FN6O. The van der Waals surface area contributed by atoms with Gasteiger partial charge in [-0.3, -0.25) is 4.79 Å². The van der Waals surface area contributed by atoms with Crippen molar-refractivity contribution in [3.63, 3.8) is 0 Å². The van der Waals surface area contributed by atoms with Crippen molar-refractivity contribution >= 4 is 17.8 Å². The second-order valence-electron chi connectivity index (χ2n) is 6.17. The maximum Gasteiger partial charge on any atom is 0.244 e. The first-order valence-corrected chi connectivity index (χ1v) is 8.83. The lowest BCUT2D eigenvalue weighted by Crippen LogP contribution is -2.27. The number of carbonyl (C=O) groups is 1. The normalized spacial score (nSPS) is 11.0. The van der Waals surface area contributed by atoms with Crippen LogP contribution in [0.25, 0.3) is 11.9 Å². The Balaban J connectivity index is 1.49. The van der Waals surface area contributed by atoms with Gasteiger partial charge in [-0.1, -0.05) is 18.2 Å². The van der Waals surface area contributed by atoms with Crippen molar-refractivity contribution in [2.75, 3.05) is 18.4 Å². The Hall–Kier alpha value is -3.55. The van der Waals surface area contributed by atoms with Crippen LogP contribution in [-0.2, 0) is 4.79 Å². The number of aromatic nitrogens is 4. The molecule has 2 heterocycles. The Kier molecular flexibility index (Phi) is 6.11. The third kappa shape index (κ3) is 5.00. The average Bonchev–Trinajstić information content (AvgIpc) is 3.03. The van der Waals surface area contributed by atoms with Gasteiger partial charge < -0.3 is 10.6 Å². The van der Waals surface area contributed by atoms with Crippen LogP contribution in [0.15, 0.2) is 48.8 Å². The fourth-order valence-corrected chi connectivity index (χ4v) is 2.63. The second kappa shape index (κ2) is 8.90. The van der Waals surface area contributed by atoms with Crippen molar-refractivity contribution in [1.82, 2.24) is 25.1 Å². The van der Waals surface area contributed by atoms with E-state index in [1.165, 1.54) is 24.5 Å². The molecule has 0 radical (unpaired) electrons. The molecule has 0 fully saturated rings. The van der Waals surface area contributed by atoms with E-state index in [1.807, 2.05) is 19.9 Å². The summed E-state index contributed by atoms with van der Waals surface area (Å²) in [6.07, 6.45) is 4.22. The number of hydrogen-bond acceptors (Lipinski definition) is 5. The molecule has 0 atom stereocenters. The van der Waals surface area contributed by atoms with E-state index in [9.17, 15) is 9.18 Å². The lowest BCUT2D eigenvalue weighted by Gasteiger charge is -2.08. The zero-order chi connectivity index (χ0) is 19.9. The summed E-state index contributed by atoms with van der Waals surface area (Å²) >= 11 is 0. The molecule has 7 nitrogen and oxygen atoms in total. The molecule has 0 unspecified atom stereocenters. The topological polar surface area (TPSA) is 84.7 Å². The van der Waals surface area contributed by atoms with E-state index >= 15 is 0 Å². The minimum absolute atomic E-state index is 0.295. The molecule has 144 valence electrons. The molecule has 1 amide bonds. The standard InChI is InChI=1S/C20H21FN6O/c1-14-11-15(2)27(26-14)19-12-18(24-13-25-19)22-9-10-23-20(28)8-7-16-5-3-4-6-17(16)21/h3-8,11-13H,9-10H2,1-2H3,(H,23,28)(H,22,24,25)/b8-7+. The van der Waals surface area contributed by atoms with Gasteiger partial charge in [0.2, 0.25) is 5.91 Å². The van der Waals surface area contributed by atoms with Gasteiger partial charge in [-0.05, 0) is 32.1 Å². The van der Waals surface area contributed by atoms with Crippen LogP contribution < -0.4 is 10.6 Å². The van der Waals surface area contributed by atoms with E-state index in [0.717, 1.165) is 11.4 Å². The fourth-order valence-electron chi connectivity index (χ4n) is 2.63. The molecule has 0 saturated heterocycles. The molecule has 0 spiro atoms. The average molecular weight is 380 g/mol. The number of hydrogen-bond donors (Lipinski definition) is 2. The molecule has 1 aromatic carbocycles. The van der Waals surface area contributed by atoms with Crippen molar-refractivity contribution in [3.8, 4) is 5.82 Å². The van der Waals surface area contributed by atoms with Crippen molar-refractivity contribution < 1.29 is 9.18 Å².